The molecule has 2 amide bonds. The van der Waals surface area contributed by atoms with Crippen LogP contribution in [0.1, 0.15) is 30.5 Å². The molecule has 0 aromatic heterocycles. The number of hydrogen-bond donors (Lipinski definition) is 2. The summed E-state index contributed by atoms with van der Waals surface area (Å²) in [6.45, 7) is 3.79. The Kier molecular flexibility index (Phi) is 7.70. The molecule has 0 bridgehead atoms. The van der Waals surface area contributed by atoms with Gasteiger partial charge in [0.1, 0.15) is 18.2 Å². The van der Waals surface area contributed by atoms with Crippen molar-refractivity contribution < 1.29 is 18.7 Å². The minimum Gasteiger partial charge on any atom is -0.489 e. The van der Waals surface area contributed by atoms with Crippen LogP contribution in [0.2, 0.25) is 0 Å². The summed E-state index contributed by atoms with van der Waals surface area (Å²) < 4.78 is 19.3. The summed E-state index contributed by atoms with van der Waals surface area (Å²) in [7, 11) is 0. The zero-order valence-corrected chi connectivity index (χ0v) is 17.9. The maximum atomic E-state index is 13.7. The zero-order chi connectivity index (χ0) is 22.9. The molecule has 0 spiro atoms. The summed E-state index contributed by atoms with van der Waals surface area (Å²) in [5.74, 6) is -1.40. The highest BCUT2D eigenvalue weighted by Crippen LogP contribution is 2.17. The van der Waals surface area contributed by atoms with E-state index in [0.717, 1.165) is 17.5 Å². The van der Waals surface area contributed by atoms with Crippen LogP contribution in [0.5, 0.6) is 5.75 Å². The summed E-state index contributed by atoms with van der Waals surface area (Å²) in [6, 6.07) is 20.7. The number of carbonyl (C=O) groups is 2. The number of nitrogens with one attached hydrogen (secondary N) is 2. The van der Waals surface area contributed by atoms with Crippen molar-refractivity contribution in [2.45, 2.75) is 26.9 Å². The number of benzene rings is 3. The Bertz CT molecular complexity index is 1130. The molecule has 3 aromatic carbocycles. The summed E-state index contributed by atoms with van der Waals surface area (Å²) in [5.41, 5.74) is 5.52. The van der Waals surface area contributed by atoms with Gasteiger partial charge in [0.15, 0.2) is 0 Å². The van der Waals surface area contributed by atoms with Crippen LogP contribution in [-0.4, -0.2) is 17.5 Å². The molecule has 164 valence electrons. The van der Waals surface area contributed by atoms with Crippen molar-refractivity contribution in [1.29, 1.82) is 0 Å². The monoisotopic (exact) mass is 433 g/mol. The van der Waals surface area contributed by atoms with Gasteiger partial charge in [0.2, 0.25) is 0 Å². The van der Waals surface area contributed by atoms with Gasteiger partial charge in [-0.3, -0.25) is 9.59 Å². The van der Waals surface area contributed by atoms with Crippen molar-refractivity contribution in [3.8, 4) is 5.75 Å². The van der Waals surface area contributed by atoms with E-state index in [9.17, 15) is 14.0 Å². The number of amides is 2. The Hall–Kier alpha value is -4.00. The molecular weight excluding hydrogens is 409 g/mol. The van der Waals surface area contributed by atoms with E-state index in [-0.39, 0.29) is 12.4 Å². The molecule has 0 unspecified atom stereocenters. The lowest BCUT2D eigenvalue weighted by atomic mass is 10.1. The number of halogens is 1. The molecule has 0 aliphatic carbocycles. The van der Waals surface area contributed by atoms with Crippen molar-refractivity contribution in [2.24, 2.45) is 5.10 Å². The Morgan fingerprint density at radius 1 is 0.906 bits per heavy atom. The fourth-order valence-electron chi connectivity index (χ4n) is 2.95. The average Bonchev–Trinajstić information content (AvgIpc) is 2.82. The Morgan fingerprint density at radius 2 is 1.56 bits per heavy atom. The van der Waals surface area contributed by atoms with E-state index in [1.165, 1.54) is 6.07 Å². The lowest BCUT2D eigenvalue weighted by molar-refractivity contribution is -0.136. The topological polar surface area (TPSA) is 79.8 Å². The number of hydrogen-bond acceptors (Lipinski definition) is 4. The smallest absolute Gasteiger partial charge is 0.329 e. The third kappa shape index (κ3) is 6.01. The minimum absolute atomic E-state index is 0.116. The van der Waals surface area contributed by atoms with Crippen LogP contribution in [0.4, 0.5) is 10.1 Å². The Labute approximate surface area is 186 Å². The van der Waals surface area contributed by atoms with Crippen molar-refractivity contribution in [3.05, 3.63) is 95.3 Å². The molecule has 0 aliphatic rings. The Morgan fingerprint density at radius 3 is 2.25 bits per heavy atom. The number of para-hydroxylation sites is 1. The number of rotatable bonds is 7. The van der Waals surface area contributed by atoms with E-state index in [1.54, 1.807) is 61.5 Å². The minimum atomic E-state index is -0.861. The molecule has 0 saturated carbocycles. The molecule has 6 nitrogen and oxygen atoms in total. The SMILES string of the molecule is CCc1ccccc1NC(=O)C(=O)N/N=C(\C)c1ccc(OCc2ccccc2F)cc1. The molecule has 0 atom stereocenters. The Balaban J connectivity index is 1.55. The van der Waals surface area contributed by atoms with Gasteiger partial charge in [0.25, 0.3) is 0 Å². The maximum Gasteiger partial charge on any atom is 0.329 e. The van der Waals surface area contributed by atoms with E-state index in [4.69, 9.17) is 4.74 Å². The first-order valence-corrected chi connectivity index (χ1v) is 10.2. The highest BCUT2D eigenvalue weighted by atomic mass is 19.1. The fraction of sp³-hybridized carbons (Fsp3) is 0.160. The lowest BCUT2D eigenvalue weighted by Crippen LogP contribution is -2.33. The second-order valence-electron chi connectivity index (χ2n) is 7.01. The van der Waals surface area contributed by atoms with Crippen molar-refractivity contribution in [2.75, 3.05) is 5.32 Å². The molecule has 0 fully saturated rings. The first-order chi connectivity index (χ1) is 15.5. The standard InChI is InChI=1S/C25H24FN3O3/c1-3-18-8-5-7-11-23(18)27-24(30)25(31)29-28-17(2)19-12-14-21(15-13-19)32-16-20-9-4-6-10-22(20)26/h4-15H,3,16H2,1-2H3,(H,27,30)(H,29,31)/b28-17+. The van der Waals surface area contributed by atoms with Gasteiger partial charge in [-0.05, 0) is 60.9 Å². The van der Waals surface area contributed by atoms with Gasteiger partial charge in [-0.2, -0.15) is 5.10 Å². The number of anilines is 1. The molecule has 0 aliphatic heterocycles. The second-order valence-corrected chi connectivity index (χ2v) is 7.01. The van der Waals surface area contributed by atoms with E-state index in [0.29, 0.717) is 22.7 Å². The number of carbonyl (C=O) groups excluding carboxylic acids is 2. The molecule has 7 heteroatoms. The maximum absolute atomic E-state index is 13.7. The van der Waals surface area contributed by atoms with Gasteiger partial charge in [-0.15, -0.1) is 0 Å². The van der Waals surface area contributed by atoms with E-state index in [1.807, 2.05) is 19.1 Å². The summed E-state index contributed by atoms with van der Waals surface area (Å²) >= 11 is 0. The molecular formula is C25H24FN3O3. The lowest BCUT2D eigenvalue weighted by Gasteiger charge is -2.09. The number of ether oxygens (including phenoxy) is 1. The number of aryl methyl sites for hydroxylation is 1. The van der Waals surface area contributed by atoms with Crippen LogP contribution in [0, 0.1) is 5.82 Å². The van der Waals surface area contributed by atoms with Gasteiger partial charge in [-0.1, -0.05) is 43.3 Å². The van der Waals surface area contributed by atoms with Crippen LogP contribution in [0.25, 0.3) is 0 Å². The molecule has 0 heterocycles. The quantitative estimate of drug-likeness (QED) is 0.328. The van der Waals surface area contributed by atoms with Gasteiger partial charge in [0.05, 0.1) is 5.71 Å². The second kappa shape index (κ2) is 10.9. The number of hydrazone groups is 1. The van der Waals surface area contributed by atoms with Crippen LogP contribution >= 0.6 is 0 Å². The van der Waals surface area contributed by atoms with Gasteiger partial charge in [-0.25, -0.2) is 9.82 Å². The predicted octanol–water partition coefficient (Wildman–Crippen LogP) is 4.45. The van der Waals surface area contributed by atoms with Crippen molar-refractivity contribution in [3.63, 3.8) is 0 Å². The molecule has 2 N–H and O–H groups in total. The highest BCUT2D eigenvalue weighted by molar-refractivity contribution is 6.39. The molecule has 3 aromatic rings. The average molecular weight is 433 g/mol. The first kappa shape index (κ1) is 22.7. The van der Waals surface area contributed by atoms with E-state index < -0.39 is 11.8 Å². The predicted molar refractivity (Wildman–Crippen MR) is 122 cm³/mol. The van der Waals surface area contributed by atoms with E-state index >= 15 is 0 Å². The largest absolute Gasteiger partial charge is 0.489 e. The fourth-order valence-corrected chi connectivity index (χ4v) is 2.95. The van der Waals surface area contributed by atoms with Crippen LogP contribution in [0.15, 0.2) is 77.9 Å². The van der Waals surface area contributed by atoms with Crippen molar-refractivity contribution in [1.82, 2.24) is 5.43 Å². The molecule has 0 radical (unpaired) electrons. The van der Waals surface area contributed by atoms with Crippen LogP contribution < -0.4 is 15.5 Å². The van der Waals surface area contributed by atoms with Crippen molar-refractivity contribution >= 4 is 23.2 Å². The summed E-state index contributed by atoms with van der Waals surface area (Å²) in [4.78, 5) is 24.3. The first-order valence-electron chi connectivity index (χ1n) is 10.2. The van der Waals surface area contributed by atoms with Crippen LogP contribution in [-0.2, 0) is 22.6 Å². The third-order valence-electron chi connectivity index (χ3n) is 4.80. The van der Waals surface area contributed by atoms with Gasteiger partial charge in [0, 0.05) is 11.3 Å². The molecule has 0 saturated heterocycles. The third-order valence-corrected chi connectivity index (χ3v) is 4.80. The normalized spacial score (nSPS) is 11.0. The molecule has 32 heavy (non-hydrogen) atoms. The van der Waals surface area contributed by atoms with Gasteiger partial charge >= 0.3 is 11.8 Å². The van der Waals surface area contributed by atoms with Gasteiger partial charge < -0.3 is 10.1 Å². The van der Waals surface area contributed by atoms with E-state index in [2.05, 4.69) is 15.8 Å². The summed E-state index contributed by atoms with van der Waals surface area (Å²) in [6.07, 6.45) is 0.731. The highest BCUT2D eigenvalue weighted by Gasteiger charge is 2.14. The van der Waals surface area contributed by atoms with Crippen LogP contribution in [0.3, 0.4) is 0 Å². The molecule has 3 rings (SSSR count). The zero-order valence-electron chi connectivity index (χ0n) is 17.9. The number of nitrogens with zero attached hydrogens (tertiary/aromatic N) is 1. The summed E-state index contributed by atoms with van der Waals surface area (Å²) in [5, 5.41) is 6.60.